The van der Waals surface area contributed by atoms with Crippen molar-refractivity contribution in [3.8, 4) is 11.5 Å². The first-order valence-corrected chi connectivity index (χ1v) is 10.5. The minimum atomic E-state index is -0.495. The van der Waals surface area contributed by atoms with Crippen LogP contribution >= 0.6 is 0 Å². The molecule has 0 bridgehead atoms. The van der Waals surface area contributed by atoms with Crippen molar-refractivity contribution in [3.63, 3.8) is 0 Å². The van der Waals surface area contributed by atoms with Crippen molar-refractivity contribution in [2.45, 2.75) is 45.2 Å². The molecule has 1 unspecified atom stereocenters. The minimum absolute atomic E-state index is 0.00284. The number of aromatic nitrogens is 3. The van der Waals surface area contributed by atoms with E-state index in [9.17, 15) is 5.11 Å². The zero-order valence-electron chi connectivity index (χ0n) is 18.6. The van der Waals surface area contributed by atoms with Crippen molar-refractivity contribution in [2.75, 3.05) is 31.5 Å². The summed E-state index contributed by atoms with van der Waals surface area (Å²) in [5.41, 5.74) is 1.85. The number of fused-ring (bicyclic) bond motifs is 1. The topological polar surface area (TPSA) is 101 Å². The van der Waals surface area contributed by atoms with E-state index >= 15 is 0 Å². The quantitative estimate of drug-likeness (QED) is 0.424. The summed E-state index contributed by atoms with van der Waals surface area (Å²) in [6.07, 6.45) is 4.60. The molecule has 0 spiro atoms. The van der Waals surface area contributed by atoms with Crippen LogP contribution in [0.1, 0.15) is 38.7 Å². The molecule has 1 atom stereocenters. The summed E-state index contributed by atoms with van der Waals surface area (Å²) < 4.78 is 10.7. The van der Waals surface area contributed by atoms with Gasteiger partial charge in [-0.25, -0.2) is 4.98 Å². The Morgan fingerprint density at radius 1 is 1.13 bits per heavy atom. The minimum Gasteiger partial charge on any atom is -0.497 e. The van der Waals surface area contributed by atoms with Gasteiger partial charge in [-0.1, -0.05) is 19.8 Å². The number of nitrogens with one attached hydrogen (secondary N) is 2. The Balaban J connectivity index is 1.88. The highest BCUT2D eigenvalue weighted by Gasteiger charge is 2.24. The van der Waals surface area contributed by atoms with Gasteiger partial charge in [-0.3, -0.25) is 4.98 Å². The number of methoxy groups -OCH3 is 2. The van der Waals surface area contributed by atoms with Gasteiger partial charge in [0.05, 0.1) is 31.9 Å². The molecule has 0 radical (unpaired) electrons. The van der Waals surface area contributed by atoms with E-state index in [1.54, 1.807) is 20.4 Å². The van der Waals surface area contributed by atoms with Gasteiger partial charge >= 0.3 is 0 Å². The summed E-state index contributed by atoms with van der Waals surface area (Å²) in [6, 6.07) is 9.42. The molecule has 0 aliphatic heterocycles. The van der Waals surface area contributed by atoms with Crippen LogP contribution < -0.4 is 20.1 Å². The van der Waals surface area contributed by atoms with Crippen LogP contribution in [-0.4, -0.2) is 46.4 Å². The smallest absolute Gasteiger partial charge is 0.225 e. The standard InChI is InChI=1S/C23H31N5O3/c1-5-6-11-23(2,15-29)28-21-20-18(8-7-12-24-20)26-22(27-21)25-14-16-9-10-17(30-3)13-19(16)31-4/h7-10,12-13,29H,5-6,11,14-15H2,1-4H3,(H2,25,26,27,28). The maximum Gasteiger partial charge on any atom is 0.225 e. The third-order valence-electron chi connectivity index (χ3n) is 5.24. The summed E-state index contributed by atoms with van der Waals surface area (Å²) in [4.78, 5) is 13.7. The van der Waals surface area contributed by atoms with Gasteiger partial charge in [0.1, 0.15) is 17.0 Å². The number of nitrogens with zero attached hydrogens (tertiary/aromatic N) is 3. The Hall–Kier alpha value is -3.13. The summed E-state index contributed by atoms with van der Waals surface area (Å²) in [6.45, 7) is 4.60. The summed E-state index contributed by atoms with van der Waals surface area (Å²) in [5.74, 6) is 2.52. The Bertz CT molecular complexity index is 1010. The van der Waals surface area contributed by atoms with Crippen molar-refractivity contribution in [2.24, 2.45) is 0 Å². The van der Waals surface area contributed by atoms with Gasteiger partial charge in [0.25, 0.3) is 0 Å². The van der Waals surface area contributed by atoms with Gasteiger partial charge < -0.3 is 25.2 Å². The van der Waals surface area contributed by atoms with E-state index in [0.717, 1.165) is 41.8 Å². The molecule has 0 saturated carbocycles. The molecule has 31 heavy (non-hydrogen) atoms. The molecule has 166 valence electrons. The lowest BCUT2D eigenvalue weighted by Crippen LogP contribution is -2.39. The maximum atomic E-state index is 10.0. The molecular weight excluding hydrogens is 394 g/mol. The van der Waals surface area contributed by atoms with Crippen LogP contribution in [0.25, 0.3) is 11.0 Å². The van der Waals surface area contributed by atoms with Gasteiger partial charge in [0.15, 0.2) is 5.82 Å². The average molecular weight is 426 g/mol. The van der Waals surface area contributed by atoms with Gasteiger partial charge in [-0.15, -0.1) is 0 Å². The number of rotatable bonds is 11. The van der Waals surface area contributed by atoms with Crippen LogP contribution in [0, 0.1) is 0 Å². The highest BCUT2D eigenvalue weighted by Crippen LogP contribution is 2.27. The number of hydrogen-bond acceptors (Lipinski definition) is 8. The van der Waals surface area contributed by atoms with Crippen LogP contribution in [0.4, 0.5) is 11.8 Å². The average Bonchev–Trinajstić information content (AvgIpc) is 2.81. The van der Waals surface area contributed by atoms with Gasteiger partial charge in [0, 0.05) is 24.4 Å². The molecule has 0 amide bonds. The van der Waals surface area contributed by atoms with E-state index in [4.69, 9.17) is 9.47 Å². The van der Waals surface area contributed by atoms with E-state index in [2.05, 4.69) is 32.5 Å². The second kappa shape index (κ2) is 10.3. The molecule has 1 aromatic carbocycles. The monoisotopic (exact) mass is 425 g/mol. The highest BCUT2D eigenvalue weighted by molar-refractivity contribution is 5.86. The second-order valence-electron chi connectivity index (χ2n) is 7.75. The summed E-state index contributed by atoms with van der Waals surface area (Å²) in [7, 11) is 3.25. The number of ether oxygens (including phenoxy) is 2. The molecule has 3 rings (SSSR count). The number of pyridine rings is 1. The van der Waals surface area contributed by atoms with Crippen molar-refractivity contribution in [3.05, 3.63) is 42.1 Å². The molecule has 3 N–H and O–H groups in total. The van der Waals surface area contributed by atoms with E-state index in [1.807, 2.05) is 37.3 Å². The molecule has 2 aromatic heterocycles. The number of aliphatic hydroxyl groups is 1. The van der Waals surface area contributed by atoms with E-state index in [1.165, 1.54) is 0 Å². The predicted molar refractivity (Wildman–Crippen MR) is 123 cm³/mol. The fourth-order valence-electron chi connectivity index (χ4n) is 3.34. The lowest BCUT2D eigenvalue weighted by Gasteiger charge is -2.29. The molecule has 0 aliphatic carbocycles. The largest absolute Gasteiger partial charge is 0.497 e. The molecule has 0 aliphatic rings. The molecule has 0 fully saturated rings. The summed E-state index contributed by atoms with van der Waals surface area (Å²) >= 11 is 0. The second-order valence-corrected chi connectivity index (χ2v) is 7.75. The maximum absolute atomic E-state index is 10.0. The van der Waals surface area contributed by atoms with Gasteiger partial charge in [-0.2, -0.15) is 4.98 Å². The Kier molecular flexibility index (Phi) is 7.46. The zero-order valence-corrected chi connectivity index (χ0v) is 18.6. The lowest BCUT2D eigenvalue weighted by molar-refractivity contribution is 0.212. The third-order valence-corrected chi connectivity index (χ3v) is 5.24. The molecule has 3 aromatic rings. The first kappa shape index (κ1) is 22.6. The van der Waals surface area contributed by atoms with Crippen LogP contribution in [0.3, 0.4) is 0 Å². The first-order valence-electron chi connectivity index (χ1n) is 10.5. The molecule has 8 heteroatoms. The number of aliphatic hydroxyl groups excluding tert-OH is 1. The molecule has 8 nitrogen and oxygen atoms in total. The van der Waals surface area contributed by atoms with E-state index in [-0.39, 0.29) is 6.61 Å². The first-order chi connectivity index (χ1) is 15.0. The van der Waals surface area contributed by atoms with Crippen molar-refractivity contribution >= 4 is 22.8 Å². The molecule has 2 heterocycles. The Morgan fingerprint density at radius 3 is 2.68 bits per heavy atom. The van der Waals surface area contributed by atoms with Crippen LogP contribution in [-0.2, 0) is 6.54 Å². The highest BCUT2D eigenvalue weighted by atomic mass is 16.5. The van der Waals surface area contributed by atoms with E-state index < -0.39 is 5.54 Å². The van der Waals surface area contributed by atoms with Crippen LogP contribution in [0.15, 0.2) is 36.5 Å². The number of anilines is 2. The molecular formula is C23H31N5O3. The number of benzene rings is 1. The van der Waals surface area contributed by atoms with Gasteiger partial charge in [0.2, 0.25) is 5.95 Å². The predicted octanol–water partition coefficient (Wildman–Crippen LogP) is 4.01. The van der Waals surface area contributed by atoms with E-state index in [0.29, 0.717) is 23.8 Å². The van der Waals surface area contributed by atoms with Crippen molar-refractivity contribution < 1.29 is 14.6 Å². The molecule has 0 saturated heterocycles. The zero-order chi connectivity index (χ0) is 22.3. The lowest BCUT2D eigenvalue weighted by atomic mass is 9.96. The van der Waals surface area contributed by atoms with Crippen LogP contribution in [0.5, 0.6) is 11.5 Å². The van der Waals surface area contributed by atoms with Gasteiger partial charge in [-0.05, 0) is 37.6 Å². The third kappa shape index (κ3) is 5.52. The van der Waals surface area contributed by atoms with Crippen molar-refractivity contribution in [1.82, 2.24) is 15.0 Å². The number of unbranched alkanes of at least 4 members (excludes halogenated alkanes) is 1. The summed E-state index contributed by atoms with van der Waals surface area (Å²) in [5, 5.41) is 16.7. The van der Waals surface area contributed by atoms with Crippen LogP contribution in [0.2, 0.25) is 0 Å². The van der Waals surface area contributed by atoms with Crippen molar-refractivity contribution in [1.29, 1.82) is 0 Å². The SMILES string of the molecule is CCCCC(C)(CO)Nc1nc(NCc2ccc(OC)cc2OC)nc2cccnc12. The normalized spacial score (nSPS) is 12.9. The fourth-order valence-corrected chi connectivity index (χ4v) is 3.34. The number of hydrogen-bond donors (Lipinski definition) is 3. The fraction of sp³-hybridized carbons (Fsp3) is 0.435. The Morgan fingerprint density at radius 2 is 1.97 bits per heavy atom. The Labute approximate surface area is 183 Å².